The van der Waals surface area contributed by atoms with Crippen molar-refractivity contribution >= 4 is 17.6 Å². The number of hydrogen-bond acceptors (Lipinski definition) is 5. The van der Waals surface area contributed by atoms with Crippen molar-refractivity contribution in [1.82, 2.24) is 5.32 Å². The van der Waals surface area contributed by atoms with Crippen LogP contribution in [0.25, 0.3) is 10.6 Å². The predicted octanol–water partition coefficient (Wildman–Crippen LogP) is -3.34. The number of carbonyl (C=O) groups is 3. The van der Waals surface area contributed by atoms with Crippen molar-refractivity contribution in [3.05, 3.63) is 57.8 Å². The molecule has 0 radical (unpaired) electrons. The van der Waals surface area contributed by atoms with E-state index in [1.54, 1.807) is 13.1 Å². The van der Waals surface area contributed by atoms with E-state index < -0.39 is 0 Å². The Labute approximate surface area is 271 Å². The van der Waals surface area contributed by atoms with Crippen LogP contribution >= 0.6 is 0 Å². The fourth-order valence-electron chi connectivity index (χ4n) is 2.12. The summed E-state index contributed by atoms with van der Waals surface area (Å²) in [4.78, 5) is 34.2. The third-order valence-electron chi connectivity index (χ3n) is 3.62. The molecule has 1 aromatic rings. The summed E-state index contributed by atoms with van der Waals surface area (Å²) in [6.07, 6.45) is 2.51. The second-order valence-electron chi connectivity index (χ2n) is 6.05. The molecule has 0 bridgehead atoms. The van der Waals surface area contributed by atoms with Gasteiger partial charge in [0.1, 0.15) is 0 Å². The summed E-state index contributed by atoms with van der Waals surface area (Å²) >= 11 is 0. The summed E-state index contributed by atoms with van der Waals surface area (Å²) in [5.41, 5.74) is 2.63. The fourth-order valence-corrected chi connectivity index (χ4v) is 2.12. The van der Waals surface area contributed by atoms with Crippen LogP contribution in [0.5, 0.6) is 0 Å². The Hall–Kier alpha value is 0.940. The van der Waals surface area contributed by atoms with Crippen LogP contribution < -0.4 is 122 Å². The number of ketones is 1. The number of benzene rings is 1. The monoisotopic (exact) mass is 543 g/mol. The van der Waals surface area contributed by atoms with Gasteiger partial charge in [0.2, 0.25) is 0 Å². The van der Waals surface area contributed by atoms with Gasteiger partial charge in [-0.25, -0.2) is 0 Å². The first-order chi connectivity index (χ1) is 12.9. The minimum absolute atomic E-state index is 0. The summed E-state index contributed by atoms with van der Waals surface area (Å²) in [6, 6.07) is 7.45. The Kier molecular flexibility index (Phi) is 21.7. The van der Waals surface area contributed by atoms with Crippen LogP contribution in [0.1, 0.15) is 31.4 Å². The van der Waals surface area contributed by atoms with Crippen molar-refractivity contribution in [3.8, 4) is 0 Å². The van der Waals surface area contributed by atoms with Crippen molar-refractivity contribution in [2.45, 2.75) is 33.2 Å². The van der Waals surface area contributed by atoms with Gasteiger partial charge in [0.25, 0.3) is 0 Å². The van der Waals surface area contributed by atoms with Crippen LogP contribution in [0.3, 0.4) is 0 Å². The Bertz CT molecular complexity index is 664. The van der Waals surface area contributed by atoms with E-state index in [9.17, 15) is 14.4 Å². The van der Waals surface area contributed by atoms with Gasteiger partial charge in [-0.15, -0.1) is 13.1 Å². The summed E-state index contributed by atoms with van der Waals surface area (Å²) in [7, 11) is 1.77. The molecule has 0 unspecified atom stereocenters. The number of amides is 2. The van der Waals surface area contributed by atoms with Gasteiger partial charge in [0.15, 0.2) is 5.78 Å². The Balaban J connectivity index is 0. The van der Waals surface area contributed by atoms with Crippen LogP contribution in [-0.2, 0) is 32.1 Å². The topological polar surface area (TPSA) is 101 Å². The smallest absolute Gasteiger partial charge is 0.654 e. The molecule has 0 saturated carbocycles. The maximum atomic E-state index is 11.9. The Morgan fingerprint density at radius 2 is 1.66 bits per heavy atom. The van der Waals surface area contributed by atoms with Gasteiger partial charge in [-0.1, -0.05) is 29.8 Å². The van der Waals surface area contributed by atoms with Crippen molar-refractivity contribution in [2.24, 2.45) is 0 Å². The minimum atomic E-state index is -0.328. The molecule has 2 amide bonds. The number of carbonyl (C=O) groups excluding carboxylic acids is 3. The molecule has 0 spiro atoms. The van der Waals surface area contributed by atoms with Crippen LogP contribution in [0, 0.1) is 0 Å². The van der Waals surface area contributed by atoms with Gasteiger partial charge in [-0.3, -0.25) is 4.79 Å². The van der Waals surface area contributed by atoms with Crippen LogP contribution in [0.2, 0.25) is 0 Å². The molecule has 1 N–H and O–H groups in total. The second-order valence-corrected chi connectivity index (χ2v) is 6.05. The van der Waals surface area contributed by atoms with Gasteiger partial charge >= 0.3 is 116 Å². The number of ether oxygens (including phenoxy) is 1. The molecule has 0 saturated heterocycles. The average Bonchev–Trinajstić information content (AvgIpc) is 2.63. The molecule has 7 nitrogen and oxygen atoms in total. The zero-order chi connectivity index (χ0) is 20.1. The van der Waals surface area contributed by atoms with Gasteiger partial charge in [-0.05, 0) is 25.8 Å². The maximum absolute atomic E-state index is 11.9. The van der Waals surface area contributed by atoms with Gasteiger partial charge in [0, 0.05) is 37.8 Å². The van der Waals surface area contributed by atoms with E-state index >= 15 is 0 Å². The van der Waals surface area contributed by atoms with E-state index in [0.29, 0.717) is 26.0 Å². The van der Waals surface area contributed by atoms with E-state index in [2.05, 4.69) is 16.0 Å². The largest absolute Gasteiger partial charge is 1.00 e. The molecule has 0 aliphatic heterocycles. The van der Waals surface area contributed by atoms with Crippen LogP contribution in [-0.4, -0.2) is 44.4 Å². The molecule has 0 aliphatic carbocycles. The van der Waals surface area contributed by atoms with Gasteiger partial charge in [-0.2, -0.15) is 0 Å². The molecule has 1 aromatic carbocycles. The first kappa shape index (κ1) is 32.1. The first-order valence-electron chi connectivity index (χ1n) is 8.83. The summed E-state index contributed by atoms with van der Waals surface area (Å²) in [6.45, 7) is 4.20. The van der Waals surface area contributed by atoms with Crippen molar-refractivity contribution in [3.63, 3.8) is 0 Å². The third kappa shape index (κ3) is 17.2. The molecule has 0 fully saturated rings. The van der Waals surface area contributed by atoms with Gasteiger partial charge in [0.05, 0.1) is 12.5 Å². The Morgan fingerprint density at radius 3 is 2.24 bits per heavy atom. The van der Waals surface area contributed by atoms with Crippen LogP contribution in [0.15, 0.2) is 36.0 Å². The summed E-state index contributed by atoms with van der Waals surface area (Å²) in [5, 5.41) is 10.6. The van der Waals surface area contributed by atoms with Crippen LogP contribution in [0.4, 0.5) is 0 Å². The zero-order valence-corrected chi connectivity index (χ0v) is 28.0. The zero-order valence-electron chi connectivity index (χ0n) is 18.2. The number of nitrogens with one attached hydrogen (secondary N) is 1. The molecule has 148 valence electrons. The van der Waals surface area contributed by atoms with E-state index in [-0.39, 0.29) is 147 Å². The molecule has 0 atom stereocenters. The standard InChI is InChI=1S/C20H29N3O4.2Rb/c1-15(21-3)11-19(25)12-17-5-7-18(8-6-17)13-23-20(26)14-27-10-4-9-22-16(2)24;;/h5-8,11H,4,9-10,12-14H2,1-3H3,(H3,21,22,23,24,25,26);;/q;2*+1/p-2. The molecule has 29 heavy (non-hydrogen) atoms. The van der Waals surface area contributed by atoms with Gasteiger partial charge < -0.3 is 30.3 Å². The second kappa shape index (κ2) is 19.6. The summed E-state index contributed by atoms with van der Waals surface area (Å²) in [5.74, 6) is -0.505. The number of allylic oxidation sites excluding steroid dienone is 2. The van der Waals surface area contributed by atoms with Crippen molar-refractivity contribution < 1.29 is 135 Å². The summed E-state index contributed by atoms with van der Waals surface area (Å²) < 4.78 is 5.21. The number of nitrogens with zero attached hydrogens (tertiary/aromatic N) is 2. The van der Waals surface area contributed by atoms with E-state index in [0.717, 1.165) is 16.8 Å². The number of hydrogen-bond donors (Lipinski definition) is 1. The SMILES string of the molecule is CN/C(C)=C\C(=O)Cc1ccc(C[N-]C(=O)COCCC[N-]C(C)=O)cc1.[Rb+].[Rb+]. The molecule has 0 aromatic heterocycles. The van der Waals surface area contributed by atoms with E-state index in [1.807, 2.05) is 31.2 Å². The molecular weight excluding hydrogens is 517 g/mol. The van der Waals surface area contributed by atoms with E-state index in [1.165, 1.54) is 6.92 Å². The molecular formula is C20H27N3O4Rb2. The maximum Gasteiger partial charge on any atom is 1.00 e. The first-order valence-corrected chi connectivity index (χ1v) is 8.83. The molecule has 0 heterocycles. The van der Waals surface area contributed by atoms with Crippen molar-refractivity contribution in [1.29, 1.82) is 0 Å². The predicted molar refractivity (Wildman–Crippen MR) is 104 cm³/mol. The minimum Gasteiger partial charge on any atom is -0.654 e. The number of rotatable bonds is 12. The van der Waals surface area contributed by atoms with E-state index in [4.69, 9.17) is 4.74 Å². The normalized spacial score (nSPS) is 10.2. The molecule has 9 heteroatoms. The van der Waals surface area contributed by atoms with Crippen molar-refractivity contribution in [2.75, 3.05) is 26.8 Å². The fraction of sp³-hybridized carbons (Fsp3) is 0.450. The Morgan fingerprint density at radius 1 is 1.03 bits per heavy atom. The molecule has 0 aliphatic rings. The third-order valence-corrected chi connectivity index (χ3v) is 3.62. The quantitative estimate of drug-likeness (QED) is 0.219. The molecule has 1 rings (SSSR count). The average molecular weight is 544 g/mol.